The maximum atomic E-state index is 13.5. The minimum Gasteiger partial charge on any atom is -0.491 e. The van der Waals surface area contributed by atoms with Gasteiger partial charge in [0.1, 0.15) is 17.1 Å². The molecule has 0 spiro atoms. The lowest BCUT2D eigenvalue weighted by Crippen LogP contribution is -2.16. The van der Waals surface area contributed by atoms with Gasteiger partial charge in [0.05, 0.1) is 17.1 Å². The van der Waals surface area contributed by atoms with Gasteiger partial charge >= 0.3 is 6.18 Å². The molecule has 1 aromatic heterocycles. The zero-order valence-electron chi connectivity index (χ0n) is 13.9. The largest absolute Gasteiger partial charge is 0.491 e. The zero-order chi connectivity index (χ0) is 19.1. The number of fused-ring (bicyclic) bond motifs is 1. The molecule has 3 rings (SSSR count). The van der Waals surface area contributed by atoms with Gasteiger partial charge in [-0.1, -0.05) is 12.1 Å². The van der Waals surface area contributed by atoms with Crippen LogP contribution in [0.15, 0.2) is 51.7 Å². The molecular formula is C19H14F4O3. The highest BCUT2D eigenvalue weighted by atomic mass is 19.4. The molecule has 2 aromatic carbocycles. The first kappa shape index (κ1) is 18.0. The summed E-state index contributed by atoms with van der Waals surface area (Å²) in [4.78, 5) is 12.7. The van der Waals surface area contributed by atoms with E-state index in [0.29, 0.717) is 5.75 Å². The molecule has 26 heavy (non-hydrogen) atoms. The van der Waals surface area contributed by atoms with Gasteiger partial charge in [-0.25, -0.2) is 4.39 Å². The molecule has 0 N–H and O–H groups in total. The maximum absolute atomic E-state index is 13.5. The third-order valence-electron chi connectivity index (χ3n) is 3.63. The van der Waals surface area contributed by atoms with Gasteiger partial charge in [0.2, 0.25) is 11.2 Å². The molecular weight excluding hydrogens is 352 g/mol. The van der Waals surface area contributed by atoms with E-state index >= 15 is 0 Å². The van der Waals surface area contributed by atoms with Crippen LogP contribution in [-0.4, -0.2) is 6.10 Å². The van der Waals surface area contributed by atoms with Gasteiger partial charge in [0.25, 0.3) is 0 Å². The molecule has 3 aromatic rings. The molecule has 7 heteroatoms. The molecule has 0 unspecified atom stereocenters. The normalized spacial score (nSPS) is 12.0. The monoisotopic (exact) mass is 366 g/mol. The van der Waals surface area contributed by atoms with Gasteiger partial charge in [-0.05, 0) is 43.7 Å². The molecule has 0 aliphatic rings. The predicted octanol–water partition coefficient (Wildman–Crippen LogP) is 5.41. The second-order valence-corrected chi connectivity index (χ2v) is 5.96. The second kappa shape index (κ2) is 6.48. The van der Waals surface area contributed by atoms with Crippen molar-refractivity contribution in [3.05, 3.63) is 64.3 Å². The van der Waals surface area contributed by atoms with Gasteiger partial charge in [-0.3, -0.25) is 4.79 Å². The van der Waals surface area contributed by atoms with Crippen molar-refractivity contribution >= 4 is 11.0 Å². The molecule has 0 saturated carbocycles. The number of rotatable bonds is 3. The summed E-state index contributed by atoms with van der Waals surface area (Å²) in [6.07, 6.45) is -5.09. The lowest BCUT2D eigenvalue weighted by molar-refractivity contribution is -0.152. The lowest BCUT2D eigenvalue weighted by Gasteiger charge is -2.14. The van der Waals surface area contributed by atoms with Crippen LogP contribution >= 0.6 is 0 Å². The Morgan fingerprint density at radius 1 is 1.04 bits per heavy atom. The Kier molecular flexibility index (Phi) is 4.48. The summed E-state index contributed by atoms with van der Waals surface area (Å²) in [5.41, 5.74) is -1.80. The summed E-state index contributed by atoms with van der Waals surface area (Å²) < 4.78 is 64.1. The molecule has 0 aliphatic carbocycles. The number of benzene rings is 2. The van der Waals surface area contributed by atoms with Crippen LogP contribution in [0.5, 0.6) is 5.75 Å². The zero-order valence-corrected chi connectivity index (χ0v) is 13.9. The lowest BCUT2D eigenvalue weighted by atomic mass is 10.0. The third-order valence-corrected chi connectivity index (χ3v) is 3.63. The summed E-state index contributed by atoms with van der Waals surface area (Å²) >= 11 is 0. The summed E-state index contributed by atoms with van der Waals surface area (Å²) in [5, 5.41) is -0.0200. The van der Waals surface area contributed by atoms with Gasteiger partial charge in [0, 0.05) is 6.07 Å². The van der Waals surface area contributed by atoms with Crippen LogP contribution in [0.2, 0.25) is 0 Å². The Morgan fingerprint density at radius 2 is 1.69 bits per heavy atom. The van der Waals surface area contributed by atoms with Crippen molar-refractivity contribution < 1.29 is 26.7 Å². The molecule has 0 atom stereocenters. The fourth-order valence-corrected chi connectivity index (χ4v) is 2.60. The molecule has 136 valence electrons. The maximum Gasteiger partial charge on any atom is 0.450 e. The van der Waals surface area contributed by atoms with Crippen LogP contribution in [0, 0.1) is 5.82 Å². The first-order valence-electron chi connectivity index (χ1n) is 7.77. The summed E-state index contributed by atoms with van der Waals surface area (Å²) in [5.74, 6) is -1.76. The highest BCUT2D eigenvalue weighted by Crippen LogP contribution is 2.37. The van der Waals surface area contributed by atoms with E-state index in [1.165, 1.54) is 18.2 Å². The van der Waals surface area contributed by atoms with Crippen molar-refractivity contribution in [2.45, 2.75) is 26.1 Å². The third kappa shape index (κ3) is 3.42. The molecule has 3 nitrogen and oxygen atoms in total. The Hall–Kier alpha value is -2.83. The van der Waals surface area contributed by atoms with Gasteiger partial charge < -0.3 is 9.15 Å². The van der Waals surface area contributed by atoms with Crippen LogP contribution in [0.1, 0.15) is 19.6 Å². The average molecular weight is 366 g/mol. The van der Waals surface area contributed by atoms with Crippen molar-refractivity contribution in [2.24, 2.45) is 0 Å². The Bertz CT molecular complexity index is 1000. The van der Waals surface area contributed by atoms with Crippen molar-refractivity contribution in [3.8, 4) is 16.9 Å². The fourth-order valence-electron chi connectivity index (χ4n) is 2.60. The first-order chi connectivity index (χ1) is 12.2. The van der Waals surface area contributed by atoms with E-state index in [4.69, 9.17) is 9.15 Å². The Balaban J connectivity index is 2.31. The number of hydrogen-bond donors (Lipinski definition) is 0. The van der Waals surface area contributed by atoms with Crippen LogP contribution < -0.4 is 10.2 Å². The Labute approximate surface area is 145 Å². The van der Waals surface area contributed by atoms with E-state index in [1.807, 2.05) is 0 Å². The molecule has 0 radical (unpaired) electrons. The van der Waals surface area contributed by atoms with Crippen LogP contribution in [0.3, 0.4) is 0 Å². The number of alkyl halides is 3. The molecule has 0 amide bonds. The average Bonchev–Trinajstić information content (AvgIpc) is 2.54. The van der Waals surface area contributed by atoms with Gasteiger partial charge in [-0.15, -0.1) is 0 Å². The summed E-state index contributed by atoms with van der Waals surface area (Å²) in [6.45, 7) is 3.53. The van der Waals surface area contributed by atoms with E-state index in [2.05, 4.69) is 0 Å². The van der Waals surface area contributed by atoms with Crippen molar-refractivity contribution in [1.82, 2.24) is 0 Å². The molecule has 0 fully saturated rings. The van der Waals surface area contributed by atoms with E-state index in [0.717, 1.165) is 24.3 Å². The highest BCUT2D eigenvalue weighted by Gasteiger charge is 2.39. The van der Waals surface area contributed by atoms with Crippen molar-refractivity contribution in [2.75, 3.05) is 0 Å². The number of ether oxygens (including phenoxy) is 1. The topological polar surface area (TPSA) is 39.4 Å². The van der Waals surface area contributed by atoms with E-state index < -0.39 is 28.7 Å². The molecule has 1 heterocycles. The van der Waals surface area contributed by atoms with Crippen LogP contribution in [-0.2, 0) is 6.18 Å². The van der Waals surface area contributed by atoms with Crippen LogP contribution in [0.25, 0.3) is 22.1 Å². The first-order valence-corrected chi connectivity index (χ1v) is 7.77. The van der Waals surface area contributed by atoms with E-state index in [-0.39, 0.29) is 22.6 Å². The second-order valence-electron chi connectivity index (χ2n) is 5.96. The van der Waals surface area contributed by atoms with Crippen molar-refractivity contribution in [1.29, 1.82) is 0 Å². The molecule has 0 bridgehead atoms. The smallest absolute Gasteiger partial charge is 0.450 e. The van der Waals surface area contributed by atoms with E-state index in [1.54, 1.807) is 13.8 Å². The van der Waals surface area contributed by atoms with Crippen molar-refractivity contribution in [3.63, 3.8) is 0 Å². The fraction of sp³-hybridized carbons (Fsp3) is 0.211. The molecule has 0 saturated heterocycles. The number of hydrogen-bond acceptors (Lipinski definition) is 3. The van der Waals surface area contributed by atoms with E-state index in [9.17, 15) is 22.4 Å². The Morgan fingerprint density at radius 3 is 2.27 bits per heavy atom. The summed E-state index contributed by atoms with van der Waals surface area (Å²) in [7, 11) is 0. The van der Waals surface area contributed by atoms with Gasteiger partial charge in [-0.2, -0.15) is 13.2 Å². The molecule has 0 aliphatic heterocycles. The minimum absolute atomic E-state index is 0.0200. The SMILES string of the molecule is CC(C)Oc1ccc2c(=O)c(-c3ccc(F)cc3)c(C(F)(F)F)oc2c1. The standard InChI is InChI=1S/C19H14F4O3/c1-10(2)25-13-7-8-14-15(9-13)26-18(19(21,22)23)16(17(14)24)11-3-5-12(20)6-4-11/h3-10H,1-2H3. The minimum atomic E-state index is -4.90. The predicted molar refractivity (Wildman–Crippen MR) is 88.6 cm³/mol. The number of halogens is 4. The van der Waals surface area contributed by atoms with Crippen LogP contribution in [0.4, 0.5) is 17.6 Å². The summed E-state index contributed by atoms with van der Waals surface area (Å²) in [6, 6.07) is 8.28. The highest BCUT2D eigenvalue weighted by molar-refractivity contribution is 5.84. The van der Waals surface area contributed by atoms with Gasteiger partial charge in [0.15, 0.2) is 0 Å². The quantitative estimate of drug-likeness (QED) is 0.582.